The van der Waals surface area contributed by atoms with Gasteiger partial charge in [0.05, 0.1) is 13.2 Å². The van der Waals surface area contributed by atoms with E-state index in [1.807, 2.05) is 61.5 Å². The maximum absolute atomic E-state index is 13.5. The first-order valence-corrected chi connectivity index (χ1v) is 12.0. The van der Waals surface area contributed by atoms with Crippen molar-refractivity contribution >= 4 is 16.5 Å². The van der Waals surface area contributed by atoms with Gasteiger partial charge in [0.15, 0.2) is 0 Å². The predicted molar refractivity (Wildman–Crippen MR) is 128 cm³/mol. The number of hydrogen-bond donors (Lipinski definition) is 0. The minimum absolute atomic E-state index is 0.355. The van der Waals surface area contributed by atoms with Gasteiger partial charge in [0.1, 0.15) is 24.6 Å². The first kappa shape index (κ1) is 22.4. The number of ether oxygens (including phenoxy) is 3. The lowest BCUT2D eigenvalue weighted by atomic mass is 9.82. The number of hydrogen-bond acceptors (Lipinski definition) is 4. The molecule has 6 rings (SSSR count). The first-order chi connectivity index (χ1) is 16.9. The maximum Gasteiger partial charge on any atom is 0.411 e. The third-order valence-electron chi connectivity index (χ3n) is 7.30. The van der Waals surface area contributed by atoms with Crippen LogP contribution in [0.1, 0.15) is 30.0 Å². The molecule has 1 fully saturated rings. The van der Waals surface area contributed by atoms with Gasteiger partial charge in [-0.2, -0.15) is 13.2 Å². The number of alkyl halides is 3. The molecule has 1 saturated heterocycles. The average Bonchev–Trinajstić information content (AvgIpc) is 3.18. The van der Waals surface area contributed by atoms with Gasteiger partial charge in [-0.25, -0.2) is 0 Å². The number of nitrogens with zero attached hydrogens (tertiary/aromatic N) is 1. The minimum Gasteiger partial charge on any atom is -0.488 e. The Bertz CT molecular complexity index is 1330. The van der Waals surface area contributed by atoms with E-state index in [1.165, 1.54) is 0 Å². The Balaban J connectivity index is 1.70. The van der Waals surface area contributed by atoms with E-state index >= 15 is 0 Å². The summed E-state index contributed by atoms with van der Waals surface area (Å²) in [4.78, 5) is 2.26. The van der Waals surface area contributed by atoms with E-state index in [1.54, 1.807) is 0 Å². The van der Waals surface area contributed by atoms with Gasteiger partial charge < -0.3 is 19.1 Å². The molecule has 0 spiro atoms. The van der Waals surface area contributed by atoms with Crippen LogP contribution in [0.2, 0.25) is 0 Å². The molecule has 182 valence electrons. The molecular formula is C28H26F3NO3. The Morgan fingerprint density at radius 2 is 1.69 bits per heavy atom. The fourth-order valence-corrected chi connectivity index (χ4v) is 5.89. The molecule has 0 aromatic heterocycles. The van der Waals surface area contributed by atoms with Crippen LogP contribution in [0.3, 0.4) is 0 Å². The van der Waals surface area contributed by atoms with E-state index in [-0.39, 0.29) is 0 Å². The SMILES string of the molecule is CCC1(OCC(F)(F)F)c2ccccc2-c2c1c1c(c3ccccc23)OCC=C1N1CCOCC1. The molecule has 0 amide bonds. The molecular weight excluding hydrogens is 455 g/mol. The lowest BCUT2D eigenvalue weighted by Gasteiger charge is -2.39. The average molecular weight is 482 g/mol. The third-order valence-corrected chi connectivity index (χ3v) is 7.30. The van der Waals surface area contributed by atoms with Gasteiger partial charge in [0.25, 0.3) is 0 Å². The Hall–Kier alpha value is -3.03. The number of morpholine rings is 1. The molecule has 2 heterocycles. The molecule has 0 bridgehead atoms. The summed E-state index contributed by atoms with van der Waals surface area (Å²) in [7, 11) is 0. The number of halogens is 3. The minimum atomic E-state index is -4.45. The summed E-state index contributed by atoms with van der Waals surface area (Å²) < 4.78 is 58.4. The van der Waals surface area contributed by atoms with Crippen molar-refractivity contribution in [3.8, 4) is 16.9 Å². The maximum atomic E-state index is 13.5. The van der Waals surface area contributed by atoms with Gasteiger partial charge in [-0.1, -0.05) is 55.5 Å². The topological polar surface area (TPSA) is 30.9 Å². The monoisotopic (exact) mass is 481 g/mol. The van der Waals surface area contributed by atoms with Crippen molar-refractivity contribution in [3.63, 3.8) is 0 Å². The van der Waals surface area contributed by atoms with Gasteiger partial charge in [-0.3, -0.25) is 0 Å². The zero-order chi connectivity index (χ0) is 24.2. The molecule has 7 heteroatoms. The Labute approximate surface area is 201 Å². The van der Waals surface area contributed by atoms with Gasteiger partial charge in [0.2, 0.25) is 0 Å². The van der Waals surface area contributed by atoms with Gasteiger partial charge in [-0.15, -0.1) is 0 Å². The van der Waals surface area contributed by atoms with E-state index < -0.39 is 18.4 Å². The van der Waals surface area contributed by atoms with Crippen LogP contribution < -0.4 is 4.74 Å². The Morgan fingerprint density at radius 3 is 2.43 bits per heavy atom. The van der Waals surface area contributed by atoms with Crippen LogP contribution in [0.4, 0.5) is 13.2 Å². The molecule has 35 heavy (non-hydrogen) atoms. The molecule has 0 saturated carbocycles. The highest BCUT2D eigenvalue weighted by atomic mass is 19.4. The van der Waals surface area contributed by atoms with Crippen molar-refractivity contribution in [2.45, 2.75) is 25.1 Å². The van der Waals surface area contributed by atoms with Gasteiger partial charge in [0, 0.05) is 35.3 Å². The molecule has 0 radical (unpaired) electrons. The zero-order valence-corrected chi connectivity index (χ0v) is 19.5. The van der Waals surface area contributed by atoms with Crippen LogP contribution in [0, 0.1) is 0 Å². The first-order valence-electron chi connectivity index (χ1n) is 12.0. The smallest absolute Gasteiger partial charge is 0.411 e. The fraction of sp³-hybridized carbons (Fsp3) is 0.357. The van der Waals surface area contributed by atoms with Crippen molar-refractivity contribution in [3.05, 3.63) is 71.3 Å². The second-order valence-corrected chi connectivity index (χ2v) is 9.13. The van der Waals surface area contributed by atoms with Crippen molar-refractivity contribution in [2.24, 2.45) is 0 Å². The van der Waals surface area contributed by atoms with Crippen LogP contribution in [-0.4, -0.2) is 50.6 Å². The third kappa shape index (κ3) is 3.44. The molecule has 0 N–H and O–H groups in total. The number of benzene rings is 3. The molecule has 4 nitrogen and oxygen atoms in total. The van der Waals surface area contributed by atoms with Gasteiger partial charge in [-0.05, 0) is 34.6 Å². The summed E-state index contributed by atoms with van der Waals surface area (Å²) >= 11 is 0. The Kier molecular flexibility index (Phi) is 5.31. The van der Waals surface area contributed by atoms with Crippen molar-refractivity contribution in [1.29, 1.82) is 0 Å². The van der Waals surface area contributed by atoms with Gasteiger partial charge >= 0.3 is 6.18 Å². The van der Waals surface area contributed by atoms with Crippen molar-refractivity contribution < 1.29 is 27.4 Å². The lowest BCUT2D eigenvalue weighted by Crippen LogP contribution is -2.38. The molecule has 1 aliphatic carbocycles. The summed E-state index contributed by atoms with van der Waals surface area (Å²) in [5.41, 5.74) is 3.97. The summed E-state index contributed by atoms with van der Waals surface area (Å²) in [5, 5.41) is 1.92. The highest BCUT2D eigenvalue weighted by Crippen LogP contribution is 2.59. The second-order valence-electron chi connectivity index (χ2n) is 9.13. The summed E-state index contributed by atoms with van der Waals surface area (Å²) in [6.07, 6.45) is -2.06. The second kappa shape index (κ2) is 8.28. The fourth-order valence-electron chi connectivity index (χ4n) is 5.89. The highest BCUT2D eigenvalue weighted by Gasteiger charge is 2.49. The standard InChI is InChI=1S/C28H26F3NO3/c1-2-27(35-17-28(29,30)31)21-10-6-5-9-20(21)23-18-7-3-4-8-19(18)26-24(25(23)27)22(11-14-34-26)32-12-15-33-16-13-32/h3-11H,2,12-17H2,1H3. The normalized spacial score (nSPS) is 21.3. The zero-order valence-electron chi connectivity index (χ0n) is 19.5. The van der Waals surface area contributed by atoms with E-state index in [2.05, 4.69) is 4.90 Å². The predicted octanol–water partition coefficient (Wildman–Crippen LogP) is 6.12. The number of fused-ring (bicyclic) bond motifs is 8. The van der Waals surface area contributed by atoms with Crippen LogP contribution in [-0.2, 0) is 15.1 Å². The largest absolute Gasteiger partial charge is 0.488 e. The van der Waals surface area contributed by atoms with Crippen LogP contribution in [0.25, 0.3) is 27.6 Å². The van der Waals surface area contributed by atoms with Crippen molar-refractivity contribution in [1.82, 2.24) is 4.90 Å². The van der Waals surface area contributed by atoms with Crippen molar-refractivity contribution in [2.75, 3.05) is 39.5 Å². The Morgan fingerprint density at radius 1 is 0.971 bits per heavy atom. The van der Waals surface area contributed by atoms with E-state index in [9.17, 15) is 13.2 Å². The summed E-state index contributed by atoms with van der Waals surface area (Å²) in [5.74, 6) is 0.713. The summed E-state index contributed by atoms with van der Waals surface area (Å²) in [6, 6.07) is 15.7. The van der Waals surface area contributed by atoms with Crippen LogP contribution in [0.5, 0.6) is 5.75 Å². The molecule has 2 aliphatic heterocycles. The molecule has 3 aromatic carbocycles. The molecule has 1 unspecified atom stereocenters. The lowest BCUT2D eigenvalue weighted by molar-refractivity contribution is -0.200. The van der Waals surface area contributed by atoms with E-state index in [0.29, 0.717) is 45.1 Å². The molecule has 3 aliphatic rings. The number of rotatable bonds is 4. The summed E-state index contributed by atoms with van der Waals surface area (Å²) in [6.45, 7) is 3.60. The molecule has 1 atom stereocenters. The van der Waals surface area contributed by atoms with Crippen LogP contribution >= 0.6 is 0 Å². The van der Waals surface area contributed by atoms with Crippen LogP contribution in [0.15, 0.2) is 54.6 Å². The van der Waals surface area contributed by atoms with E-state index in [0.717, 1.165) is 44.3 Å². The van der Waals surface area contributed by atoms with E-state index in [4.69, 9.17) is 14.2 Å². The molecule has 3 aromatic rings. The highest BCUT2D eigenvalue weighted by molar-refractivity contribution is 6.09. The quantitative estimate of drug-likeness (QED) is 0.449.